The van der Waals surface area contributed by atoms with Crippen molar-refractivity contribution in [2.45, 2.75) is 6.18 Å². The van der Waals surface area contributed by atoms with Gasteiger partial charge in [0.25, 0.3) is 0 Å². The quantitative estimate of drug-likeness (QED) is 0.452. The first-order valence-electron chi connectivity index (χ1n) is 5.56. The molecular weight excluding hydrogens is 420 g/mol. The Hall–Kier alpha value is -1.21. The summed E-state index contributed by atoms with van der Waals surface area (Å²) < 4.78 is 52.4. The molecule has 110 valence electrons. The van der Waals surface area contributed by atoms with Crippen molar-refractivity contribution in [3.8, 4) is 0 Å². The summed E-state index contributed by atoms with van der Waals surface area (Å²) in [6.45, 7) is 0. The number of carbonyl (C=O) groups is 1. The predicted octanol–water partition coefficient (Wildman–Crippen LogP) is 5.60. The summed E-state index contributed by atoms with van der Waals surface area (Å²) in [7, 11) is 0. The van der Waals surface area contributed by atoms with Gasteiger partial charge in [-0.1, -0.05) is 31.9 Å². The second-order valence-electron chi connectivity index (χ2n) is 4.15. The molecule has 0 aromatic heterocycles. The van der Waals surface area contributed by atoms with Gasteiger partial charge in [-0.2, -0.15) is 13.2 Å². The van der Waals surface area contributed by atoms with Crippen LogP contribution in [-0.2, 0) is 6.18 Å². The van der Waals surface area contributed by atoms with E-state index in [-0.39, 0.29) is 15.6 Å². The zero-order chi connectivity index (χ0) is 15.8. The van der Waals surface area contributed by atoms with Crippen molar-refractivity contribution < 1.29 is 22.4 Å². The highest BCUT2D eigenvalue weighted by atomic mass is 79.9. The maximum absolute atomic E-state index is 13.7. The van der Waals surface area contributed by atoms with Crippen molar-refractivity contribution in [2.75, 3.05) is 0 Å². The lowest BCUT2D eigenvalue weighted by molar-refractivity contribution is -0.137. The Morgan fingerprint density at radius 2 is 1.62 bits per heavy atom. The summed E-state index contributed by atoms with van der Waals surface area (Å²) >= 11 is 6.11. The molecule has 7 heteroatoms. The van der Waals surface area contributed by atoms with Gasteiger partial charge in [-0.15, -0.1) is 0 Å². The fraction of sp³-hybridized carbons (Fsp3) is 0.0714. The molecule has 2 aromatic rings. The monoisotopic (exact) mass is 424 g/mol. The number of hydrogen-bond acceptors (Lipinski definition) is 1. The van der Waals surface area contributed by atoms with Crippen LogP contribution < -0.4 is 0 Å². The smallest absolute Gasteiger partial charge is 0.288 e. The minimum atomic E-state index is -4.58. The van der Waals surface area contributed by atoms with Gasteiger partial charge in [-0.3, -0.25) is 4.79 Å². The van der Waals surface area contributed by atoms with Crippen LogP contribution in [0.5, 0.6) is 0 Å². The van der Waals surface area contributed by atoms with Crippen LogP contribution in [0.25, 0.3) is 0 Å². The van der Waals surface area contributed by atoms with E-state index < -0.39 is 23.3 Å². The Kier molecular flexibility index (Phi) is 4.53. The molecule has 0 aliphatic carbocycles. The zero-order valence-corrected chi connectivity index (χ0v) is 13.3. The van der Waals surface area contributed by atoms with Crippen molar-refractivity contribution in [1.29, 1.82) is 0 Å². The zero-order valence-electron chi connectivity index (χ0n) is 10.1. The molecule has 21 heavy (non-hydrogen) atoms. The topological polar surface area (TPSA) is 17.1 Å². The highest BCUT2D eigenvalue weighted by molar-refractivity contribution is 9.10. The van der Waals surface area contributed by atoms with Gasteiger partial charge < -0.3 is 0 Å². The van der Waals surface area contributed by atoms with Crippen LogP contribution in [0.2, 0.25) is 0 Å². The van der Waals surface area contributed by atoms with E-state index >= 15 is 0 Å². The molecule has 0 heterocycles. The van der Waals surface area contributed by atoms with E-state index in [0.717, 1.165) is 18.2 Å². The molecule has 2 aromatic carbocycles. The maximum atomic E-state index is 13.7. The molecule has 0 unspecified atom stereocenters. The lowest BCUT2D eigenvalue weighted by Gasteiger charge is -2.10. The molecule has 0 bridgehead atoms. The number of halogens is 6. The number of benzene rings is 2. The minimum Gasteiger partial charge on any atom is -0.288 e. The van der Waals surface area contributed by atoms with Crippen LogP contribution in [0.4, 0.5) is 17.6 Å². The van der Waals surface area contributed by atoms with Gasteiger partial charge in [-0.05, 0) is 36.4 Å². The molecule has 0 amide bonds. The summed E-state index contributed by atoms with van der Waals surface area (Å²) in [6, 6.07) is 6.35. The van der Waals surface area contributed by atoms with Crippen molar-refractivity contribution in [3.05, 3.63) is 67.9 Å². The van der Waals surface area contributed by atoms with Gasteiger partial charge in [0, 0.05) is 14.5 Å². The van der Waals surface area contributed by atoms with E-state index in [1.54, 1.807) is 0 Å². The molecule has 0 N–H and O–H groups in total. The molecule has 1 nitrogen and oxygen atoms in total. The van der Waals surface area contributed by atoms with Crippen LogP contribution in [0.15, 0.2) is 45.3 Å². The summed E-state index contributed by atoms with van der Waals surface area (Å²) in [6.07, 6.45) is -4.58. The average Bonchev–Trinajstić information content (AvgIpc) is 2.40. The van der Waals surface area contributed by atoms with E-state index in [0.29, 0.717) is 10.5 Å². The van der Waals surface area contributed by atoms with Crippen LogP contribution in [0.3, 0.4) is 0 Å². The van der Waals surface area contributed by atoms with Crippen LogP contribution in [0, 0.1) is 5.82 Å². The van der Waals surface area contributed by atoms with Crippen molar-refractivity contribution >= 4 is 37.6 Å². The molecule has 0 saturated heterocycles. The Bertz CT molecular complexity index is 711. The van der Waals surface area contributed by atoms with Crippen molar-refractivity contribution in [1.82, 2.24) is 0 Å². The summed E-state index contributed by atoms with van der Waals surface area (Å²) in [4.78, 5) is 12.3. The second kappa shape index (κ2) is 5.88. The Morgan fingerprint density at radius 3 is 2.24 bits per heavy atom. The van der Waals surface area contributed by atoms with E-state index in [2.05, 4.69) is 31.9 Å². The third-order valence-electron chi connectivity index (χ3n) is 2.71. The first-order chi connectivity index (χ1) is 9.70. The number of ketones is 1. The van der Waals surface area contributed by atoms with Crippen LogP contribution in [0.1, 0.15) is 21.5 Å². The molecular formula is C14H6Br2F4O. The Morgan fingerprint density at radius 1 is 0.952 bits per heavy atom. The molecule has 0 aliphatic rings. The minimum absolute atomic E-state index is 0.167. The van der Waals surface area contributed by atoms with Gasteiger partial charge in [0.05, 0.1) is 11.1 Å². The van der Waals surface area contributed by atoms with E-state index in [1.807, 2.05) is 0 Å². The molecule has 0 spiro atoms. The van der Waals surface area contributed by atoms with Gasteiger partial charge in [0.2, 0.25) is 0 Å². The normalized spacial score (nSPS) is 11.5. The van der Waals surface area contributed by atoms with Crippen LogP contribution >= 0.6 is 31.9 Å². The highest BCUT2D eigenvalue weighted by Gasteiger charge is 2.32. The highest BCUT2D eigenvalue weighted by Crippen LogP contribution is 2.33. The average molecular weight is 426 g/mol. The molecule has 0 atom stereocenters. The van der Waals surface area contributed by atoms with Crippen LogP contribution in [-0.4, -0.2) is 5.78 Å². The summed E-state index contributed by atoms with van der Waals surface area (Å²) in [5, 5.41) is 0. The summed E-state index contributed by atoms with van der Waals surface area (Å²) in [5.74, 6) is -1.63. The number of alkyl halides is 3. The molecule has 2 rings (SSSR count). The fourth-order valence-corrected chi connectivity index (χ4v) is 2.48. The molecule has 0 saturated carbocycles. The second-order valence-corrected chi connectivity index (χ2v) is 5.92. The third-order valence-corrected chi connectivity index (χ3v) is 3.90. The van der Waals surface area contributed by atoms with Crippen molar-refractivity contribution in [2.24, 2.45) is 0 Å². The standard InChI is InChI=1S/C14H6Br2F4O/c15-8-2-4-12(17)10(6-8)13(21)9-5-7(14(18,19)20)1-3-11(9)16/h1-6H. The van der Waals surface area contributed by atoms with E-state index in [4.69, 9.17) is 0 Å². The van der Waals surface area contributed by atoms with Crippen molar-refractivity contribution in [3.63, 3.8) is 0 Å². The fourth-order valence-electron chi connectivity index (χ4n) is 1.69. The Labute approximate surface area is 134 Å². The lowest BCUT2D eigenvalue weighted by atomic mass is 10.0. The first-order valence-corrected chi connectivity index (χ1v) is 7.15. The molecule has 0 aliphatic heterocycles. The molecule has 0 radical (unpaired) electrons. The number of hydrogen-bond donors (Lipinski definition) is 0. The maximum Gasteiger partial charge on any atom is 0.416 e. The van der Waals surface area contributed by atoms with Gasteiger partial charge in [-0.25, -0.2) is 4.39 Å². The van der Waals surface area contributed by atoms with Gasteiger partial charge in [0.15, 0.2) is 5.78 Å². The number of carbonyl (C=O) groups excluding carboxylic acids is 1. The predicted molar refractivity (Wildman–Crippen MR) is 76.7 cm³/mol. The largest absolute Gasteiger partial charge is 0.416 e. The van der Waals surface area contributed by atoms with Gasteiger partial charge in [0.1, 0.15) is 5.82 Å². The SMILES string of the molecule is O=C(c1cc(Br)ccc1F)c1cc(C(F)(F)F)ccc1Br. The number of rotatable bonds is 2. The first kappa shape index (κ1) is 16.2. The lowest BCUT2D eigenvalue weighted by Crippen LogP contribution is -2.10. The third kappa shape index (κ3) is 3.52. The van der Waals surface area contributed by atoms with E-state index in [9.17, 15) is 22.4 Å². The summed E-state index contributed by atoms with van der Waals surface area (Å²) in [5.41, 5.74) is -1.52. The van der Waals surface area contributed by atoms with Gasteiger partial charge >= 0.3 is 6.18 Å². The Balaban J connectivity index is 2.55. The molecule has 0 fully saturated rings. The van der Waals surface area contributed by atoms with E-state index in [1.165, 1.54) is 12.1 Å².